The second kappa shape index (κ2) is 11.2. The maximum atomic E-state index is 12.7. The van der Waals surface area contributed by atoms with Crippen LogP contribution in [0.4, 0.5) is 10.2 Å². The minimum Gasteiger partial charge on any atom is -0.496 e. The van der Waals surface area contributed by atoms with Crippen LogP contribution in [0.1, 0.15) is 48.8 Å². The van der Waals surface area contributed by atoms with Crippen LogP contribution in [-0.4, -0.2) is 36.5 Å². The van der Waals surface area contributed by atoms with Crippen LogP contribution in [-0.2, 0) is 24.0 Å². The highest BCUT2D eigenvalue weighted by Crippen LogP contribution is 2.38. The highest BCUT2D eigenvalue weighted by Gasteiger charge is 2.34. The van der Waals surface area contributed by atoms with Crippen LogP contribution in [0.25, 0.3) is 11.3 Å². The first kappa shape index (κ1) is 24.4. The molecule has 180 valence electrons. The molecular weight excluding hydrogens is 453 g/mol. The Morgan fingerprint density at radius 1 is 1.09 bits per heavy atom. The first-order valence-electron chi connectivity index (χ1n) is 11.8. The molecule has 0 radical (unpaired) electrons. The number of alkyl halides is 1. The minimum atomic E-state index is -0.376. The quantitative estimate of drug-likeness (QED) is 0.339. The van der Waals surface area contributed by atoms with Gasteiger partial charge in [0, 0.05) is 23.6 Å². The molecule has 7 heteroatoms. The minimum absolute atomic E-state index is 0.0731. The molecule has 0 saturated heterocycles. The smallest absolute Gasteiger partial charge is 0.148 e. The number of fused-ring (bicyclic) bond motifs is 1. The number of anilines is 1. The summed E-state index contributed by atoms with van der Waals surface area (Å²) in [6.45, 7) is 4.16. The molecule has 2 unspecified atom stereocenters. The Morgan fingerprint density at radius 2 is 1.88 bits per heavy atom. The average molecular weight is 484 g/mol. The number of ether oxygens (including phenoxy) is 2. The third-order valence-corrected chi connectivity index (χ3v) is 6.45. The predicted molar refractivity (Wildman–Crippen MR) is 135 cm³/mol. The summed E-state index contributed by atoms with van der Waals surface area (Å²) < 4.78 is 24.4. The number of rotatable bonds is 10. The van der Waals surface area contributed by atoms with Crippen molar-refractivity contribution in [1.29, 1.82) is 0 Å². The van der Waals surface area contributed by atoms with Crippen molar-refractivity contribution in [3.8, 4) is 17.0 Å². The molecule has 0 aliphatic heterocycles. The van der Waals surface area contributed by atoms with Gasteiger partial charge in [0.05, 0.1) is 43.0 Å². The molecule has 0 amide bonds. The molecule has 0 spiro atoms. The zero-order valence-corrected chi connectivity index (χ0v) is 20.7. The van der Waals surface area contributed by atoms with Crippen molar-refractivity contribution in [3.63, 3.8) is 0 Å². The van der Waals surface area contributed by atoms with Crippen LogP contribution in [0.5, 0.6) is 5.75 Å². The Morgan fingerprint density at radius 3 is 2.62 bits per heavy atom. The van der Waals surface area contributed by atoms with Gasteiger partial charge in [0.2, 0.25) is 0 Å². The highest BCUT2D eigenvalue weighted by atomic mass is 35.5. The van der Waals surface area contributed by atoms with Crippen LogP contribution in [0, 0.1) is 0 Å². The Hall–Kier alpha value is -2.70. The molecule has 3 aromatic rings. The van der Waals surface area contributed by atoms with Crippen molar-refractivity contribution < 1.29 is 13.9 Å². The van der Waals surface area contributed by atoms with Crippen LogP contribution in [0.2, 0.25) is 5.02 Å². The molecule has 1 aliphatic rings. The lowest BCUT2D eigenvalue weighted by atomic mass is 10.1. The maximum Gasteiger partial charge on any atom is 0.148 e. The number of nitrogens with zero attached hydrogens (tertiary/aromatic N) is 2. The van der Waals surface area contributed by atoms with E-state index in [2.05, 4.69) is 31.3 Å². The van der Waals surface area contributed by atoms with Gasteiger partial charge in [-0.05, 0) is 48.6 Å². The van der Waals surface area contributed by atoms with Crippen molar-refractivity contribution in [2.75, 3.05) is 25.7 Å². The van der Waals surface area contributed by atoms with Crippen molar-refractivity contribution in [1.82, 2.24) is 9.97 Å². The number of halogens is 2. The van der Waals surface area contributed by atoms with E-state index in [1.54, 1.807) is 13.2 Å². The molecule has 4 rings (SSSR count). The molecule has 1 N–H and O–H groups in total. The lowest BCUT2D eigenvalue weighted by Gasteiger charge is -2.25. The van der Waals surface area contributed by atoms with E-state index in [0.29, 0.717) is 36.6 Å². The molecule has 34 heavy (non-hydrogen) atoms. The van der Waals surface area contributed by atoms with E-state index in [4.69, 9.17) is 31.0 Å². The van der Waals surface area contributed by atoms with Crippen molar-refractivity contribution in [3.05, 3.63) is 70.0 Å². The molecule has 0 saturated carbocycles. The molecular formula is C27H31ClFN3O2. The van der Waals surface area contributed by atoms with E-state index in [0.717, 1.165) is 34.9 Å². The van der Waals surface area contributed by atoms with Crippen LogP contribution in [0.3, 0.4) is 0 Å². The number of hydrogen-bond donors (Lipinski definition) is 1. The first-order valence-corrected chi connectivity index (χ1v) is 12.2. The molecule has 1 heterocycles. The van der Waals surface area contributed by atoms with Gasteiger partial charge in [-0.25, -0.2) is 9.97 Å². The van der Waals surface area contributed by atoms with Crippen molar-refractivity contribution in [2.24, 2.45) is 0 Å². The van der Waals surface area contributed by atoms with Crippen LogP contribution >= 0.6 is 11.6 Å². The summed E-state index contributed by atoms with van der Waals surface area (Å²) in [4.78, 5) is 10.1. The van der Waals surface area contributed by atoms with Crippen molar-refractivity contribution >= 4 is 17.4 Å². The van der Waals surface area contributed by atoms with E-state index < -0.39 is 0 Å². The number of nitrogens with one attached hydrogen (secondary N) is 1. The van der Waals surface area contributed by atoms with Gasteiger partial charge in [-0.15, -0.1) is 0 Å². The number of aromatic nitrogens is 2. The third kappa shape index (κ3) is 5.03. The van der Waals surface area contributed by atoms with Crippen molar-refractivity contribution in [2.45, 2.75) is 51.7 Å². The van der Waals surface area contributed by atoms with Gasteiger partial charge in [0.15, 0.2) is 0 Å². The topological polar surface area (TPSA) is 56.3 Å². The summed E-state index contributed by atoms with van der Waals surface area (Å²) in [5, 5.41) is 4.25. The lowest BCUT2D eigenvalue weighted by Crippen LogP contribution is -2.26. The second-order valence-corrected chi connectivity index (χ2v) is 8.78. The summed E-state index contributed by atoms with van der Waals surface area (Å²) in [5.41, 5.74) is 5.86. The SMILES string of the molecule is CCc1nc(-c2ccc(Cl)cc2OC)c(CC)nc1NC1c2ccccc2CC1OCCCF. The van der Waals surface area contributed by atoms with E-state index in [1.165, 1.54) is 11.1 Å². The summed E-state index contributed by atoms with van der Waals surface area (Å²) in [6, 6.07) is 13.8. The number of benzene rings is 2. The van der Waals surface area contributed by atoms with Gasteiger partial charge in [0.1, 0.15) is 11.6 Å². The molecule has 1 aromatic heterocycles. The lowest BCUT2D eigenvalue weighted by molar-refractivity contribution is 0.0437. The maximum absolute atomic E-state index is 12.7. The fraction of sp³-hybridized carbons (Fsp3) is 0.407. The zero-order chi connectivity index (χ0) is 24.1. The molecule has 5 nitrogen and oxygen atoms in total. The zero-order valence-electron chi connectivity index (χ0n) is 19.9. The van der Waals surface area contributed by atoms with E-state index >= 15 is 0 Å². The Kier molecular flexibility index (Phi) is 8.01. The van der Waals surface area contributed by atoms with Gasteiger partial charge in [-0.1, -0.05) is 49.7 Å². The van der Waals surface area contributed by atoms with E-state index in [1.807, 2.05) is 24.3 Å². The number of aryl methyl sites for hydroxylation is 2. The van der Waals surface area contributed by atoms with Crippen LogP contribution in [0.15, 0.2) is 42.5 Å². The van der Waals surface area contributed by atoms with Gasteiger partial charge in [-0.2, -0.15) is 0 Å². The average Bonchev–Trinajstić information content (AvgIpc) is 3.21. The molecule has 2 atom stereocenters. The second-order valence-electron chi connectivity index (χ2n) is 8.34. The molecule has 1 aliphatic carbocycles. The number of methoxy groups -OCH3 is 1. The standard InChI is InChI=1S/C27H31ClFN3O2/c1-4-21-25(20-12-11-18(28)16-23(20)33-3)30-22(5-2)27(31-21)32-26-19-10-7-6-9-17(19)15-24(26)34-14-8-13-29/h6-7,9-12,16,24,26H,4-5,8,13-15H2,1-3H3,(H,31,32). The summed E-state index contributed by atoms with van der Waals surface area (Å²) in [6.07, 6.45) is 2.53. The Labute approximate surface area is 205 Å². The monoisotopic (exact) mass is 483 g/mol. The van der Waals surface area contributed by atoms with Gasteiger partial charge >= 0.3 is 0 Å². The summed E-state index contributed by atoms with van der Waals surface area (Å²) >= 11 is 6.18. The summed E-state index contributed by atoms with van der Waals surface area (Å²) in [7, 11) is 1.63. The fourth-order valence-electron chi connectivity index (χ4n) is 4.51. The predicted octanol–water partition coefficient (Wildman–Crippen LogP) is 6.38. The van der Waals surface area contributed by atoms with E-state index in [9.17, 15) is 4.39 Å². The fourth-order valence-corrected chi connectivity index (χ4v) is 4.67. The molecule has 2 aromatic carbocycles. The Bertz CT molecular complexity index is 1140. The first-order chi connectivity index (χ1) is 16.6. The number of hydrogen-bond acceptors (Lipinski definition) is 5. The summed E-state index contributed by atoms with van der Waals surface area (Å²) in [5.74, 6) is 1.43. The van der Waals surface area contributed by atoms with Crippen LogP contribution < -0.4 is 10.1 Å². The third-order valence-electron chi connectivity index (χ3n) is 6.21. The largest absolute Gasteiger partial charge is 0.496 e. The normalized spacial score (nSPS) is 17.0. The van der Waals surface area contributed by atoms with E-state index in [-0.39, 0.29) is 18.8 Å². The molecule has 0 bridgehead atoms. The van der Waals surface area contributed by atoms with Gasteiger partial charge < -0.3 is 14.8 Å². The highest BCUT2D eigenvalue weighted by molar-refractivity contribution is 6.30. The Balaban J connectivity index is 1.72. The van der Waals surface area contributed by atoms with Gasteiger partial charge in [0.25, 0.3) is 0 Å². The van der Waals surface area contributed by atoms with Gasteiger partial charge in [-0.3, -0.25) is 4.39 Å². The molecule has 0 fully saturated rings.